The van der Waals surface area contributed by atoms with E-state index in [0.29, 0.717) is 18.1 Å². The first kappa shape index (κ1) is 23.2. The van der Waals surface area contributed by atoms with Crippen molar-refractivity contribution in [3.63, 3.8) is 0 Å². The van der Waals surface area contributed by atoms with Crippen LogP contribution in [0.1, 0.15) is 31.2 Å². The van der Waals surface area contributed by atoms with Crippen LogP contribution in [0.3, 0.4) is 0 Å². The number of thioether (sulfide) groups is 1. The second-order valence-corrected chi connectivity index (χ2v) is 11.3. The second kappa shape index (κ2) is 10.8. The van der Waals surface area contributed by atoms with Gasteiger partial charge in [0.1, 0.15) is 4.90 Å². The molecule has 2 aliphatic heterocycles. The van der Waals surface area contributed by atoms with Gasteiger partial charge in [-0.1, -0.05) is 48.5 Å². The van der Waals surface area contributed by atoms with Gasteiger partial charge in [-0.2, -0.15) is 4.31 Å². The van der Waals surface area contributed by atoms with Gasteiger partial charge in [0, 0.05) is 45.0 Å². The molecule has 2 fully saturated rings. The summed E-state index contributed by atoms with van der Waals surface area (Å²) >= 11 is 1.33. The molecule has 0 bridgehead atoms. The van der Waals surface area contributed by atoms with E-state index in [1.165, 1.54) is 27.8 Å². The summed E-state index contributed by atoms with van der Waals surface area (Å²) in [5, 5.41) is 3.76. The lowest BCUT2D eigenvalue weighted by molar-refractivity contribution is -0.119. The smallest absolute Gasteiger partial charge is 0.244 e. The molecular weight excluding hydrogens is 444 g/mol. The minimum Gasteiger partial charge on any atom is -0.351 e. The number of carbonyl (C=O) groups excluding carboxylic acids is 1. The molecule has 1 aromatic carbocycles. The maximum atomic E-state index is 12.7. The Bertz CT molecular complexity index is 994. The van der Waals surface area contributed by atoms with Crippen LogP contribution in [0.15, 0.2) is 58.6 Å². The Hall–Kier alpha value is -1.94. The van der Waals surface area contributed by atoms with Crippen LogP contribution in [0.4, 0.5) is 0 Å². The fourth-order valence-electron chi connectivity index (χ4n) is 4.20. The van der Waals surface area contributed by atoms with Crippen LogP contribution in [-0.4, -0.2) is 66.5 Å². The Morgan fingerprint density at radius 1 is 1.06 bits per heavy atom. The topological polar surface area (TPSA) is 82.6 Å². The van der Waals surface area contributed by atoms with E-state index in [1.54, 1.807) is 12.1 Å². The molecule has 0 spiro atoms. The molecule has 1 atom stereocenters. The number of nitrogens with zero attached hydrogens (tertiary/aromatic N) is 3. The normalized spacial score (nSPS) is 20.3. The molecule has 0 aliphatic carbocycles. The Labute approximate surface area is 194 Å². The van der Waals surface area contributed by atoms with E-state index in [2.05, 4.69) is 27.3 Å². The van der Waals surface area contributed by atoms with Gasteiger partial charge in [-0.15, -0.1) is 0 Å². The van der Waals surface area contributed by atoms with E-state index in [1.807, 2.05) is 18.2 Å². The van der Waals surface area contributed by atoms with Crippen molar-refractivity contribution in [3.05, 3.63) is 54.2 Å². The predicted octanol–water partition coefficient (Wildman–Crippen LogP) is 2.74. The molecule has 4 rings (SSSR count). The number of pyridine rings is 1. The van der Waals surface area contributed by atoms with E-state index >= 15 is 0 Å². The fraction of sp³-hybridized carbons (Fsp3) is 0.478. The van der Waals surface area contributed by atoms with Crippen LogP contribution >= 0.6 is 11.8 Å². The van der Waals surface area contributed by atoms with Gasteiger partial charge >= 0.3 is 0 Å². The van der Waals surface area contributed by atoms with Crippen LogP contribution in [0, 0.1) is 0 Å². The van der Waals surface area contributed by atoms with Crippen molar-refractivity contribution >= 4 is 27.7 Å². The maximum Gasteiger partial charge on any atom is 0.244 e. The first-order chi connectivity index (χ1) is 15.5. The van der Waals surface area contributed by atoms with Gasteiger partial charge in [-0.3, -0.25) is 9.69 Å². The number of benzene rings is 1. The highest BCUT2D eigenvalue weighted by molar-refractivity contribution is 7.99. The monoisotopic (exact) mass is 474 g/mol. The molecule has 1 N–H and O–H groups in total. The minimum absolute atomic E-state index is 0.0200. The number of amides is 1. The van der Waals surface area contributed by atoms with Crippen LogP contribution < -0.4 is 5.32 Å². The van der Waals surface area contributed by atoms with E-state index in [0.717, 1.165) is 45.3 Å². The number of sulfonamides is 1. The molecule has 3 heterocycles. The highest BCUT2D eigenvalue weighted by Crippen LogP contribution is 2.22. The fourth-order valence-corrected chi connectivity index (χ4v) is 6.32. The Morgan fingerprint density at radius 2 is 1.84 bits per heavy atom. The second-order valence-electron chi connectivity index (χ2n) is 8.36. The molecule has 0 radical (unpaired) electrons. The molecule has 2 aromatic rings. The van der Waals surface area contributed by atoms with Gasteiger partial charge in [0.25, 0.3) is 0 Å². The van der Waals surface area contributed by atoms with E-state index in [4.69, 9.17) is 0 Å². The van der Waals surface area contributed by atoms with Gasteiger partial charge in [0.05, 0.1) is 10.8 Å². The van der Waals surface area contributed by atoms with Gasteiger partial charge in [-0.05, 0) is 37.0 Å². The molecule has 172 valence electrons. The molecule has 9 heteroatoms. The third kappa shape index (κ3) is 6.10. The number of rotatable bonds is 8. The molecule has 2 saturated heterocycles. The van der Waals surface area contributed by atoms with Gasteiger partial charge in [0.2, 0.25) is 15.9 Å². The summed E-state index contributed by atoms with van der Waals surface area (Å²) in [6.07, 6.45) is 5.24. The predicted molar refractivity (Wildman–Crippen MR) is 126 cm³/mol. The molecular formula is C23H30N4O3S2. The van der Waals surface area contributed by atoms with E-state index in [9.17, 15) is 13.2 Å². The van der Waals surface area contributed by atoms with Crippen LogP contribution in [-0.2, 0) is 21.4 Å². The molecule has 1 aromatic heterocycles. The average Bonchev–Trinajstić information content (AvgIpc) is 3.25. The summed E-state index contributed by atoms with van der Waals surface area (Å²) in [7, 11) is -3.48. The van der Waals surface area contributed by atoms with Crippen molar-refractivity contribution in [2.75, 3.05) is 31.9 Å². The molecule has 0 saturated carbocycles. The Morgan fingerprint density at radius 3 is 2.56 bits per heavy atom. The van der Waals surface area contributed by atoms with E-state index < -0.39 is 10.0 Å². The summed E-state index contributed by atoms with van der Waals surface area (Å²) in [6, 6.07) is 13.8. The van der Waals surface area contributed by atoms with Crippen molar-refractivity contribution in [2.24, 2.45) is 0 Å². The summed E-state index contributed by atoms with van der Waals surface area (Å²) in [5.74, 6) is 0.244. The lowest BCUT2D eigenvalue weighted by atomic mass is 10.2. The van der Waals surface area contributed by atoms with Gasteiger partial charge < -0.3 is 5.32 Å². The van der Waals surface area contributed by atoms with Crippen LogP contribution in [0.2, 0.25) is 0 Å². The van der Waals surface area contributed by atoms with Gasteiger partial charge in [0.15, 0.2) is 0 Å². The van der Waals surface area contributed by atoms with Crippen molar-refractivity contribution in [1.82, 2.24) is 19.5 Å². The number of nitrogens with one attached hydrogen (secondary N) is 1. The molecule has 1 amide bonds. The summed E-state index contributed by atoms with van der Waals surface area (Å²) in [5.41, 5.74) is 1.28. The summed E-state index contributed by atoms with van der Waals surface area (Å²) in [4.78, 5) is 19.2. The number of likely N-dealkylation sites (tertiary alicyclic amines) is 1. The standard InChI is InChI=1S/C23H30N4O3S2/c28-22(25-20-11-14-26(17-20)16-19-7-3-1-4-8-19)18-31-23-10-9-21(15-24-23)32(29,30)27-12-5-2-6-13-27/h1,3-4,7-10,15,20H,2,5-6,11-14,16-18H2,(H,25,28). The first-order valence-electron chi connectivity index (χ1n) is 11.2. The molecule has 7 nitrogen and oxygen atoms in total. The number of carbonyl (C=O) groups is 1. The van der Waals surface area contributed by atoms with Crippen molar-refractivity contribution in [2.45, 2.75) is 48.2 Å². The number of piperidine rings is 1. The van der Waals surface area contributed by atoms with E-state index in [-0.39, 0.29) is 22.6 Å². The summed E-state index contributed by atoms with van der Waals surface area (Å²) in [6.45, 7) is 3.87. The zero-order valence-electron chi connectivity index (χ0n) is 18.2. The van der Waals surface area contributed by atoms with Crippen LogP contribution in [0.5, 0.6) is 0 Å². The lowest BCUT2D eigenvalue weighted by Gasteiger charge is -2.25. The number of hydrogen-bond acceptors (Lipinski definition) is 6. The largest absolute Gasteiger partial charge is 0.351 e. The Balaban J connectivity index is 1.22. The molecule has 32 heavy (non-hydrogen) atoms. The third-order valence-corrected chi connectivity index (χ3v) is 8.73. The average molecular weight is 475 g/mol. The number of hydrogen-bond donors (Lipinski definition) is 1. The van der Waals surface area contributed by atoms with Gasteiger partial charge in [-0.25, -0.2) is 13.4 Å². The quantitative estimate of drug-likeness (QED) is 0.593. The third-order valence-electron chi connectivity index (χ3n) is 5.90. The first-order valence-corrected chi connectivity index (χ1v) is 13.6. The minimum atomic E-state index is -3.48. The lowest BCUT2D eigenvalue weighted by Crippen LogP contribution is -2.38. The maximum absolute atomic E-state index is 12.7. The Kier molecular flexibility index (Phi) is 7.83. The highest BCUT2D eigenvalue weighted by Gasteiger charge is 2.26. The number of aromatic nitrogens is 1. The molecule has 2 aliphatic rings. The van der Waals surface area contributed by atoms with Crippen molar-refractivity contribution in [1.29, 1.82) is 0 Å². The zero-order chi connectivity index (χ0) is 22.4. The summed E-state index contributed by atoms with van der Waals surface area (Å²) < 4.78 is 27.0. The van der Waals surface area contributed by atoms with Crippen molar-refractivity contribution < 1.29 is 13.2 Å². The highest BCUT2D eigenvalue weighted by atomic mass is 32.2. The zero-order valence-corrected chi connectivity index (χ0v) is 19.8. The molecule has 1 unspecified atom stereocenters. The van der Waals surface area contributed by atoms with Crippen molar-refractivity contribution in [3.8, 4) is 0 Å². The SMILES string of the molecule is O=C(CSc1ccc(S(=O)(=O)N2CCCCC2)cn1)NC1CCN(Cc2ccccc2)C1. The van der Waals surface area contributed by atoms with Crippen LogP contribution in [0.25, 0.3) is 0 Å².